The molecule has 0 aliphatic carbocycles. The quantitative estimate of drug-likeness (QED) is 0.642. The minimum Gasteiger partial charge on any atom is -0.461 e. The molecule has 1 amide bonds. The molecule has 0 heterocycles. The number of benzene rings is 1. The number of halogens is 1. The molecule has 0 spiro atoms. The van der Waals surface area contributed by atoms with Crippen LogP contribution in [0, 0.1) is 0 Å². The third-order valence-corrected chi connectivity index (χ3v) is 2.58. The Morgan fingerprint density at radius 2 is 1.78 bits per heavy atom. The molecule has 23 heavy (non-hydrogen) atoms. The molecule has 1 N–H and O–H groups in total. The van der Waals surface area contributed by atoms with Gasteiger partial charge >= 0.3 is 18.1 Å². The van der Waals surface area contributed by atoms with Crippen molar-refractivity contribution >= 4 is 18.1 Å². The van der Waals surface area contributed by atoms with Gasteiger partial charge in [0, 0.05) is 0 Å². The summed E-state index contributed by atoms with van der Waals surface area (Å²) in [6, 6.07) is 5.41. The number of carbonyl (C=O) groups is 3. The number of ether oxygens (including phenoxy) is 2. The summed E-state index contributed by atoms with van der Waals surface area (Å²) in [5, 5.41) is 2.02. The first kappa shape index (κ1) is 18.6. The Balaban J connectivity index is 2.50. The van der Waals surface area contributed by atoms with Crippen molar-refractivity contribution < 1.29 is 28.2 Å². The van der Waals surface area contributed by atoms with Crippen LogP contribution < -0.4 is 5.32 Å². The van der Waals surface area contributed by atoms with Crippen LogP contribution in [-0.4, -0.2) is 29.7 Å². The van der Waals surface area contributed by atoms with Gasteiger partial charge in [-0.15, -0.1) is 0 Å². The molecule has 1 atom stereocenters. The topological polar surface area (TPSA) is 81.7 Å². The van der Waals surface area contributed by atoms with Gasteiger partial charge in [0.15, 0.2) is 0 Å². The van der Waals surface area contributed by atoms with Crippen LogP contribution in [0.5, 0.6) is 0 Å². The largest absolute Gasteiger partial charge is 0.461 e. The lowest BCUT2D eigenvalue weighted by Crippen LogP contribution is -2.43. The van der Waals surface area contributed by atoms with Crippen LogP contribution in [0.3, 0.4) is 0 Å². The van der Waals surface area contributed by atoms with Gasteiger partial charge in [-0.3, -0.25) is 9.59 Å². The molecule has 0 radical (unpaired) electrons. The molecule has 0 saturated carbocycles. The molecule has 0 aromatic heterocycles. The van der Waals surface area contributed by atoms with Gasteiger partial charge in [0.2, 0.25) is 0 Å². The van der Waals surface area contributed by atoms with E-state index >= 15 is 0 Å². The summed E-state index contributed by atoms with van der Waals surface area (Å²) in [5.41, 5.74) is -0.0500. The predicted octanol–water partition coefficient (Wildman–Crippen LogP) is 2.51. The molecule has 0 saturated heterocycles. The lowest BCUT2D eigenvalue weighted by Gasteiger charge is -2.21. The molecule has 6 nitrogen and oxygen atoms in total. The highest BCUT2D eigenvalue weighted by atomic mass is 19.1. The maximum Gasteiger partial charge on any atom is 0.408 e. The zero-order chi connectivity index (χ0) is 17.5. The lowest BCUT2D eigenvalue weighted by molar-refractivity contribution is -0.148. The third kappa shape index (κ3) is 7.94. The molecule has 7 heteroatoms. The molecular weight excluding hydrogens is 305 g/mol. The summed E-state index contributed by atoms with van der Waals surface area (Å²) >= 11 is 0. The standard InChI is InChI=1S/C16H20FNO5/c1-16(2,3)23-15(21)18-12(14(17)20)9-13(19)22-10-11-7-5-4-6-8-11/h4-8,12H,9-10H2,1-3H3,(H,18,21). The van der Waals surface area contributed by atoms with E-state index < -0.39 is 36.2 Å². The highest BCUT2D eigenvalue weighted by Gasteiger charge is 2.27. The second-order valence-electron chi connectivity index (χ2n) is 5.85. The molecule has 1 aromatic rings. The average molecular weight is 325 g/mol. The maximum absolute atomic E-state index is 13.0. The number of hydrogen-bond donors (Lipinski definition) is 1. The van der Waals surface area contributed by atoms with Crippen LogP contribution in [0.4, 0.5) is 9.18 Å². The van der Waals surface area contributed by atoms with Crippen molar-refractivity contribution in [1.82, 2.24) is 5.32 Å². The fraction of sp³-hybridized carbons (Fsp3) is 0.438. The van der Waals surface area contributed by atoms with Gasteiger partial charge in [0.25, 0.3) is 0 Å². The summed E-state index contributed by atoms with van der Waals surface area (Å²) < 4.78 is 22.8. The van der Waals surface area contributed by atoms with E-state index in [4.69, 9.17) is 9.47 Å². The number of alkyl carbamates (subject to hydrolysis) is 1. The molecule has 0 aliphatic heterocycles. The Morgan fingerprint density at radius 1 is 1.17 bits per heavy atom. The molecule has 0 fully saturated rings. The first-order valence-electron chi connectivity index (χ1n) is 7.06. The molecule has 1 aromatic carbocycles. The Labute approximate surface area is 134 Å². The van der Waals surface area contributed by atoms with Crippen molar-refractivity contribution in [2.45, 2.75) is 45.4 Å². The molecule has 1 unspecified atom stereocenters. The van der Waals surface area contributed by atoms with Crippen LogP contribution in [0.2, 0.25) is 0 Å². The van der Waals surface area contributed by atoms with Crippen molar-refractivity contribution in [3.8, 4) is 0 Å². The molecule has 1 rings (SSSR count). The van der Waals surface area contributed by atoms with E-state index in [9.17, 15) is 18.8 Å². The minimum atomic E-state index is -1.84. The number of amides is 1. The third-order valence-electron chi connectivity index (χ3n) is 2.58. The van der Waals surface area contributed by atoms with Crippen LogP contribution >= 0.6 is 0 Å². The number of nitrogens with one attached hydrogen (secondary N) is 1. The lowest BCUT2D eigenvalue weighted by atomic mass is 10.2. The maximum atomic E-state index is 13.0. The van der Waals surface area contributed by atoms with Crippen molar-refractivity contribution in [3.05, 3.63) is 35.9 Å². The summed E-state index contributed by atoms with van der Waals surface area (Å²) in [6.07, 6.45) is -1.59. The SMILES string of the molecule is CC(C)(C)OC(=O)NC(CC(=O)OCc1ccccc1)C(=O)F. The van der Waals surface area contributed by atoms with Gasteiger partial charge in [0.1, 0.15) is 18.2 Å². The van der Waals surface area contributed by atoms with Gasteiger partial charge in [-0.1, -0.05) is 30.3 Å². The van der Waals surface area contributed by atoms with Crippen molar-refractivity contribution in [2.24, 2.45) is 0 Å². The van der Waals surface area contributed by atoms with Gasteiger partial charge in [-0.25, -0.2) is 4.79 Å². The fourth-order valence-electron chi connectivity index (χ4n) is 1.60. The second kappa shape index (κ2) is 8.26. The molecule has 0 bridgehead atoms. The van der Waals surface area contributed by atoms with Crippen molar-refractivity contribution in [3.63, 3.8) is 0 Å². The highest BCUT2D eigenvalue weighted by molar-refractivity contribution is 5.85. The second-order valence-corrected chi connectivity index (χ2v) is 5.85. The first-order chi connectivity index (χ1) is 10.7. The van der Waals surface area contributed by atoms with E-state index in [0.717, 1.165) is 5.56 Å². The highest BCUT2D eigenvalue weighted by Crippen LogP contribution is 2.08. The Hall–Kier alpha value is -2.44. The fourth-order valence-corrected chi connectivity index (χ4v) is 1.60. The minimum absolute atomic E-state index is 0.000687. The van der Waals surface area contributed by atoms with E-state index in [1.54, 1.807) is 45.0 Å². The zero-order valence-corrected chi connectivity index (χ0v) is 13.3. The predicted molar refractivity (Wildman–Crippen MR) is 80.1 cm³/mol. The zero-order valence-electron chi connectivity index (χ0n) is 13.3. The van der Waals surface area contributed by atoms with E-state index in [0.29, 0.717) is 0 Å². The van der Waals surface area contributed by atoms with Crippen LogP contribution in [0.15, 0.2) is 30.3 Å². The van der Waals surface area contributed by atoms with Crippen LogP contribution in [-0.2, 0) is 25.7 Å². The molecule has 0 aliphatic rings. The summed E-state index contributed by atoms with van der Waals surface area (Å²) in [6.45, 7) is 4.85. The average Bonchev–Trinajstić information content (AvgIpc) is 2.43. The van der Waals surface area contributed by atoms with Crippen molar-refractivity contribution in [2.75, 3.05) is 0 Å². The number of hydrogen-bond acceptors (Lipinski definition) is 5. The Bertz CT molecular complexity index is 553. The van der Waals surface area contributed by atoms with E-state index in [1.165, 1.54) is 0 Å². The van der Waals surface area contributed by atoms with Crippen LogP contribution in [0.1, 0.15) is 32.8 Å². The number of esters is 1. The number of rotatable bonds is 6. The van der Waals surface area contributed by atoms with Gasteiger partial charge in [-0.2, -0.15) is 4.39 Å². The van der Waals surface area contributed by atoms with E-state index in [1.807, 2.05) is 11.4 Å². The van der Waals surface area contributed by atoms with Gasteiger partial charge in [0.05, 0.1) is 6.42 Å². The molecule has 126 valence electrons. The van der Waals surface area contributed by atoms with Crippen LogP contribution in [0.25, 0.3) is 0 Å². The van der Waals surface area contributed by atoms with E-state index in [2.05, 4.69) is 0 Å². The Kier molecular flexibility index (Phi) is 6.68. The summed E-state index contributed by atoms with van der Waals surface area (Å²) in [7, 11) is 0. The monoisotopic (exact) mass is 325 g/mol. The van der Waals surface area contributed by atoms with E-state index in [-0.39, 0.29) is 6.61 Å². The first-order valence-corrected chi connectivity index (χ1v) is 7.06. The number of carbonyl (C=O) groups excluding carboxylic acids is 3. The normalized spacial score (nSPS) is 12.2. The van der Waals surface area contributed by atoms with Gasteiger partial charge in [-0.05, 0) is 26.3 Å². The van der Waals surface area contributed by atoms with Gasteiger partial charge < -0.3 is 14.8 Å². The smallest absolute Gasteiger partial charge is 0.408 e. The summed E-state index contributed by atoms with van der Waals surface area (Å²) in [4.78, 5) is 34.1. The molecular formula is C16H20FNO5. The summed E-state index contributed by atoms with van der Waals surface area (Å²) in [5.74, 6) is -0.805. The van der Waals surface area contributed by atoms with Crippen molar-refractivity contribution in [1.29, 1.82) is 0 Å². The Morgan fingerprint density at radius 3 is 2.30 bits per heavy atom.